The van der Waals surface area contributed by atoms with E-state index >= 15 is 0 Å². The third-order valence-corrected chi connectivity index (χ3v) is 6.07. The summed E-state index contributed by atoms with van der Waals surface area (Å²) in [6.45, 7) is 9.97. The van der Waals surface area contributed by atoms with Gasteiger partial charge in [-0.15, -0.1) is 0 Å². The highest BCUT2D eigenvalue weighted by atomic mass is 19.4. The predicted octanol–water partition coefficient (Wildman–Crippen LogP) is 6.64. The number of halogens is 3. The van der Waals surface area contributed by atoms with Crippen LogP contribution in [-0.2, 0) is 12.7 Å². The van der Waals surface area contributed by atoms with Crippen LogP contribution in [0.5, 0.6) is 0 Å². The maximum absolute atomic E-state index is 13.2. The zero-order chi connectivity index (χ0) is 24.1. The highest BCUT2D eigenvalue weighted by Gasteiger charge is 2.32. The van der Waals surface area contributed by atoms with Gasteiger partial charge in [0.15, 0.2) is 0 Å². The fourth-order valence-electron chi connectivity index (χ4n) is 4.06. The Morgan fingerprint density at radius 2 is 1.70 bits per heavy atom. The van der Waals surface area contributed by atoms with Gasteiger partial charge in [0.1, 0.15) is 0 Å². The quantitative estimate of drug-likeness (QED) is 0.523. The Bertz CT molecular complexity index is 901. The summed E-state index contributed by atoms with van der Waals surface area (Å²) in [6, 6.07) is 14.1. The number of alkyl halides is 3. The van der Waals surface area contributed by atoms with Crippen LogP contribution in [0, 0.1) is 5.41 Å². The first-order chi connectivity index (χ1) is 15.5. The van der Waals surface area contributed by atoms with Crippen molar-refractivity contribution in [1.29, 1.82) is 0 Å². The van der Waals surface area contributed by atoms with Gasteiger partial charge < -0.3 is 15.1 Å². The van der Waals surface area contributed by atoms with Crippen molar-refractivity contribution in [1.82, 2.24) is 9.80 Å². The van der Waals surface area contributed by atoms with Gasteiger partial charge in [0, 0.05) is 31.4 Å². The van der Waals surface area contributed by atoms with E-state index in [0.29, 0.717) is 6.54 Å². The largest absolute Gasteiger partial charge is 0.416 e. The lowest BCUT2D eigenvalue weighted by Gasteiger charge is -2.39. The Morgan fingerprint density at radius 3 is 2.30 bits per heavy atom. The average Bonchev–Trinajstić information content (AvgIpc) is 2.76. The molecule has 0 bridgehead atoms. The molecule has 7 heteroatoms. The predicted molar refractivity (Wildman–Crippen MR) is 126 cm³/mol. The minimum absolute atomic E-state index is 0.0295. The number of anilines is 1. The van der Waals surface area contributed by atoms with Gasteiger partial charge in [-0.2, -0.15) is 13.2 Å². The van der Waals surface area contributed by atoms with Crippen molar-refractivity contribution in [2.75, 3.05) is 25.0 Å². The Hall–Kier alpha value is -2.54. The van der Waals surface area contributed by atoms with Crippen LogP contribution in [0.3, 0.4) is 0 Å². The van der Waals surface area contributed by atoms with E-state index in [2.05, 4.69) is 31.0 Å². The number of likely N-dealkylation sites (tertiary alicyclic amines) is 1. The van der Waals surface area contributed by atoms with Gasteiger partial charge in [-0.1, -0.05) is 57.2 Å². The van der Waals surface area contributed by atoms with Gasteiger partial charge in [0.25, 0.3) is 0 Å². The van der Waals surface area contributed by atoms with Gasteiger partial charge in [-0.3, -0.25) is 0 Å². The molecule has 0 radical (unpaired) electrons. The minimum atomic E-state index is -4.45. The summed E-state index contributed by atoms with van der Waals surface area (Å²) >= 11 is 0. The second-order valence-electron chi connectivity index (χ2n) is 10.0. The van der Waals surface area contributed by atoms with E-state index in [9.17, 15) is 18.0 Å². The number of carbonyl (C=O) groups is 1. The third kappa shape index (κ3) is 7.77. The Labute approximate surface area is 194 Å². The summed E-state index contributed by atoms with van der Waals surface area (Å²) < 4.78 is 39.3. The molecule has 0 unspecified atom stereocenters. The second kappa shape index (κ2) is 10.6. The molecule has 0 spiro atoms. The maximum atomic E-state index is 13.2. The van der Waals surface area contributed by atoms with Gasteiger partial charge in [-0.25, -0.2) is 4.79 Å². The number of rotatable bonds is 6. The lowest BCUT2D eigenvalue weighted by atomic mass is 9.91. The molecule has 1 N–H and O–H groups in total. The van der Waals surface area contributed by atoms with E-state index in [1.54, 1.807) is 4.90 Å². The van der Waals surface area contributed by atoms with Crippen molar-refractivity contribution >= 4 is 11.7 Å². The third-order valence-electron chi connectivity index (χ3n) is 6.07. The van der Waals surface area contributed by atoms with E-state index in [0.717, 1.165) is 56.6 Å². The van der Waals surface area contributed by atoms with Crippen molar-refractivity contribution in [3.63, 3.8) is 0 Å². The summed E-state index contributed by atoms with van der Waals surface area (Å²) in [5.41, 5.74) is 0.644. The standard InChI is InChI=1S/C26H34F3N3O/c1-25(2,3)14-17-31-15-12-23(13-16-31)32(19-20-8-5-4-6-9-20)24(33)30-22-11-7-10-21(18-22)26(27,28)29/h4-11,18,23H,12-17,19H2,1-3H3,(H,30,33). The number of hydrogen-bond donors (Lipinski definition) is 1. The molecule has 0 aromatic heterocycles. The fourth-order valence-corrected chi connectivity index (χ4v) is 4.06. The van der Waals surface area contributed by atoms with Crippen LogP contribution in [0.2, 0.25) is 0 Å². The molecule has 33 heavy (non-hydrogen) atoms. The van der Waals surface area contributed by atoms with E-state index in [-0.39, 0.29) is 23.2 Å². The molecule has 3 rings (SSSR count). The summed E-state index contributed by atoms with van der Waals surface area (Å²) in [5, 5.41) is 2.70. The number of nitrogens with one attached hydrogen (secondary N) is 1. The fraction of sp³-hybridized carbons (Fsp3) is 0.500. The summed E-state index contributed by atoms with van der Waals surface area (Å²) in [7, 11) is 0. The van der Waals surface area contributed by atoms with Crippen LogP contribution in [0.25, 0.3) is 0 Å². The van der Waals surface area contributed by atoms with Crippen LogP contribution in [0.15, 0.2) is 54.6 Å². The molecule has 1 fully saturated rings. The molecular weight excluding hydrogens is 427 g/mol. The van der Waals surface area contributed by atoms with Crippen molar-refractivity contribution < 1.29 is 18.0 Å². The lowest BCUT2D eigenvalue weighted by molar-refractivity contribution is -0.137. The number of hydrogen-bond acceptors (Lipinski definition) is 2. The highest BCUT2D eigenvalue weighted by Crippen LogP contribution is 2.31. The van der Waals surface area contributed by atoms with Crippen molar-refractivity contribution in [3.05, 3.63) is 65.7 Å². The monoisotopic (exact) mass is 461 g/mol. The minimum Gasteiger partial charge on any atom is -0.317 e. The van der Waals surface area contributed by atoms with Crippen LogP contribution in [0.1, 0.15) is 51.2 Å². The highest BCUT2D eigenvalue weighted by molar-refractivity contribution is 5.89. The molecule has 1 saturated heterocycles. The molecule has 1 aliphatic rings. The first-order valence-corrected chi connectivity index (χ1v) is 11.5. The molecule has 2 aromatic rings. The number of nitrogens with zero attached hydrogens (tertiary/aromatic N) is 2. The second-order valence-corrected chi connectivity index (χ2v) is 10.0. The summed E-state index contributed by atoms with van der Waals surface area (Å²) in [4.78, 5) is 17.4. The Kier molecular flexibility index (Phi) is 8.05. The van der Waals surface area contributed by atoms with E-state index in [4.69, 9.17) is 0 Å². The zero-order valence-corrected chi connectivity index (χ0v) is 19.7. The zero-order valence-electron chi connectivity index (χ0n) is 19.7. The normalized spacial score (nSPS) is 15.9. The molecule has 0 atom stereocenters. The maximum Gasteiger partial charge on any atom is 0.416 e. The topological polar surface area (TPSA) is 35.6 Å². The van der Waals surface area contributed by atoms with Crippen molar-refractivity contribution in [2.24, 2.45) is 5.41 Å². The molecule has 2 aromatic carbocycles. The first-order valence-electron chi connectivity index (χ1n) is 11.5. The lowest BCUT2D eigenvalue weighted by Crippen LogP contribution is -2.48. The molecule has 180 valence electrons. The van der Waals surface area contributed by atoms with Crippen LogP contribution < -0.4 is 5.32 Å². The van der Waals surface area contributed by atoms with E-state index in [1.807, 2.05) is 30.3 Å². The first kappa shape index (κ1) is 25.1. The molecule has 0 saturated carbocycles. The van der Waals surface area contributed by atoms with Gasteiger partial charge in [0.05, 0.1) is 5.56 Å². The average molecular weight is 462 g/mol. The van der Waals surface area contributed by atoms with Gasteiger partial charge in [0.2, 0.25) is 0 Å². The summed E-state index contributed by atoms with van der Waals surface area (Å²) in [5.74, 6) is 0. The Balaban J connectivity index is 1.70. The Morgan fingerprint density at radius 1 is 1.03 bits per heavy atom. The van der Waals surface area contributed by atoms with Crippen molar-refractivity contribution in [3.8, 4) is 0 Å². The SMILES string of the molecule is CC(C)(C)CCN1CCC(N(Cc2ccccc2)C(=O)Nc2cccc(C(F)(F)F)c2)CC1. The molecular formula is C26H34F3N3O. The molecule has 4 nitrogen and oxygen atoms in total. The number of urea groups is 1. The van der Waals surface area contributed by atoms with E-state index in [1.165, 1.54) is 12.1 Å². The molecule has 1 heterocycles. The molecule has 2 amide bonds. The molecule has 0 aliphatic carbocycles. The van der Waals surface area contributed by atoms with Gasteiger partial charge >= 0.3 is 12.2 Å². The number of benzene rings is 2. The van der Waals surface area contributed by atoms with Crippen LogP contribution in [0.4, 0.5) is 23.7 Å². The van der Waals surface area contributed by atoms with Crippen LogP contribution in [-0.4, -0.2) is 41.5 Å². The number of amides is 2. The number of piperidine rings is 1. The van der Waals surface area contributed by atoms with Gasteiger partial charge in [-0.05, 0) is 55.0 Å². The van der Waals surface area contributed by atoms with E-state index < -0.39 is 11.7 Å². The summed E-state index contributed by atoms with van der Waals surface area (Å²) in [6.07, 6.45) is -1.66. The van der Waals surface area contributed by atoms with Crippen LogP contribution >= 0.6 is 0 Å². The van der Waals surface area contributed by atoms with Crippen molar-refractivity contribution in [2.45, 2.75) is 58.8 Å². The number of carbonyl (C=O) groups excluding carboxylic acids is 1. The smallest absolute Gasteiger partial charge is 0.317 e. The molecule has 1 aliphatic heterocycles.